The van der Waals surface area contributed by atoms with Crippen molar-refractivity contribution in [1.82, 2.24) is 0 Å². The molecule has 16 heavy (non-hydrogen) atoms. The SMILES string of the molecule is O=CC1CCOc2ccc(S[N+](=O)[O-])cc21. The minimum atomic E-state index is -0.471. The van der Waals surface area contributed by atoms with Gasteiger partial charge in [-0.25, -0.2) is 0 Å². The van der Waals surface area contributed by atoms with Gasteiger partial charge in [-0.3, -0.25) is 10.1 Å². The third-order valence-electron chi connectivity index (χ3n) is 2.41. The summed E-state index contributed by atoms with van der Waals surface area (Å²) >= 11 is 0.535. The maximum absolute atomic E-state index is 10.9. The first-order valence-corrected chi connectivity index (χ1v) is 5.52. The van der Waals surface area contributed by atoms with Gasteiger partial charge in [-0.15, -0.1) is 0 Å². The van der Waals surface area contributed by atoms with Gasteiger partial charge in [0.2, 0.25) is 0 Å². The summed E-state index contributed by atoms with van der Waals surface area (Å²) in [5, 5.41) is 10.4. The van der Waals surface area contributed by atoms with E-state index in [4.69, 9.17) is 4.74 Å². The molecule has 0 bridgehead atoms. The molecule has 1 atom stereocenters. The average molecular weight is 239 g/mol. The monoisotopic (exact) mass is 239 g/mol. The lowest BCUT2D eigenvalue weighted by molar-refractivity contribution is -0.284. The molecule has 1 heterocycles. The summed E-state index contributed by atoms with van der Waals surface area (Å²) in [5.74, 6) is 0.437. The van der Waals surface area contributed by atoms with E-state index >= 15 is 0 Å². The maximum atomic E-state index is 10.9. The van der Waals surface area contributed by atoms with Gasteiger partial charge in [0, 0.05) is 11.5 Å². The predicted molar refractivity (Wildman–Crippen MR) is 58.2 cm³/mol. The molecule has 0 saturated carbocycles. The van der Waals surface area contributed by atoms with Crippen molar-refractivity contribution in [3.05, 3.63) is 33.9 Å². The van der Waals surface area contributed by atoms with E-state index in [-0.39, 0.29) is 5.92 Å². The second-order valence-corrected chi connectivity index (χ2v) is 4.35. The molecular weight excluding hydrogens is 230 g/mol. The molecule has 0 amide bonds. The van der Waals surface area contributed by atoms with Crippen LogP contribution in [0, 0.1) is 10.1 Å². The molecule has 1 aromatic rings. The lowest BCUT2D eigenvalue weighted by Gasteiger charge is -2.21. The number of rotatable bonds is 3. The van der Waals surface area contributed by atoms with E-state index in [1.165, 1.54) is 0 Å². The molecule has 0 aromatic heterocycles. The van der Waals surface area contributed by atoms with Crippen molar-refractivity contribution in [3.63, 3.8) is 0 Å². The van der Waals surface area contributed by atoms with E-state index in [1.54, 1.807) is 18.2 Å². The van der Waals surface area contributed by atoms with Gasteiger partial charge in [-0.2, -0.15) is 0 Å². The molecule has 1 aromatic carbocycles. The second-order valence-electron chi connectivity index (χ2n) is 3.39. The van der Waals surface area contributed by atoms with E-state index in [9.17, 15) is 14.9 Å². The van der Waals surface area contributed by atoms with Gasteiger partial charge in [0.15, 0.2) is 0 Å². The lowest BCUT2D eigenvalue weighted by atomic mass is 9.95. The Kier molecular flexibility index (Phi) is 3.09. The van der Waals surface area contributed by atoms with Crippen molar-refractivity contribution in [2.75, 3.05) is 6.61 Å². The zero-order chi connectivity index (χ0) is 11.5. The summed E-state index contributed by atoms with van der Waals surface area (Å²) < 4.78 is 4.91. The van der Waals surface area contributed by atoms with Crippen LogP contribution in [0.4, 0.5) is 0 Å². The fourth-order valence-electron chi connectivity index (χ4n) is 1.68. The maximum Gasteiger partial charge on any atom is 0.265 e. The molecule has 0 aliphatic carbocycles. The number of carbonyl (C=O) groups is 1. The summed E-state index contributed by atoms with van der Waals surface area (Å²) in [5.41, 5.74) is 0.744. The molecule has 0 radical (unpaired) electrons. The number of carbonyl (C=O) groups excluding carboxylic acids is 1. The van der Waals surface area contributed by atoms with Gasteiger partial charge in [-0.1, -0.05) is 0 Å². The second kappa shape index (κ2) is 4.52. The number of aldehydes is 1. The topological polar surface area (TPSA) is 69.4 Å². The van der Waals surface area contributed by atoms with Crippen LogP contribution in [0.15, 0.2) is 23.1 Å². The number of nitrogens with zero attached hydrogens (tertiary/aromatic N) is 1. The number of hydrogen-bond donors (Lipinski definition) is 0. The Balaban J connectivity index is 2.34. The molecule has 0 spiro atoms. The Bertz CT molecular complexity index is 435. The molecule has 5 nitrogen and oxygen atoms in total. The van der Waals surface area contributed by atoms with Crippen molar-refractivity contribution >= 4 is 18.2 Å². The number of benzene rings is 1. The van der Waals surface area contributed by atoms with Crippen molar-refractivity contribution < 1.29 is 13.9 Å². The van der Waals surface area contributed by atoms with Gasteiger partial charge in [-0.05, 0) is 24.6 Å². The predicted octanol–water partition coefficient (Wildman–Crippen LogP) is 2.04. The molecule has 0 N–H and O–H groups in total. The smallest absolute Gasteiger partial charge is 0.265 e. The van der Waals surface area contributed by atoms with Crippen molar-refractivity contribution in [3.8, 4) is 5.75 Å². The summed E-state index contributed by atoms with van der Waals surface area (Å²) in [6.07, 6.45) is 1.49. The highest BCUT2D eigenvalue weighted by Crippen LogP contribution is 2.35. The van der Waals surface area contributed by atoms with E-state index in [1.807, 2.05) is 0 Å². The standard InChI is InChI=1S/C10H9NO4S/c12-6-7-3-4-15-10-2-1-8(5-9(7)10)16-11(13)14/h1-2,5-7H,3-4H2. The zero-order valence-corrected chi connectivity index (χ0v) is 9.11. The Labute approximate surface area is 96.1 Å². The van der Waals surface area contributed by atoms with Gasteiger partial charge in [0.25, 0.3) is 11.9 Å². The summed E-state index contributed by atoms with van der Waals surface area (Å²) in [6, 6.07) is 4.96. The van der Waals surface area contributed by atoms with Crippen LogP contribution < -0.4 is 4.74 Å². The van der Waals surface area contributed by atoms with E-state index in [0.29, 0.717) is 35.6 Å². The van der Waals surface area contributed by atoms with Crippen LogP contribution in [0.3, 0.4) is 0 Å². The van der Waals surface area contributed by atoms with Gasteiger partial charge in [0.1, 0.15) is 16.4 Å². The van der Waals surface area contributed by atoms with Crippen molar-refractivity contribution in [2.24, 2.45) is 0 Å². The molecule has 2 rings (SSSR count). The highest BCUT2D eigenvalue weighted by atomic mass is 32.2. The van der Waals surface area contributed by atoms with Crippen molar-refractivity contribution in [1.29, 1.82) is 0 Å². The van der Waals surface area contributed by atoms with E-state index in [2.05, 4.69) is 0 Å². The Hall–Kier alpha value is -1.56. The Morgan fingerprint density at radius 2 is 2.38 bits per heavy atom. The van der Waals surface area contributed by atoms with Crippen LogP contribution in [0.5, 0.6) is 5.75 Å². The number of fused-ring (bicyclic) bond motifs is 1. The average Bonchev–Trinajstić information content (AvgIpc) is 2.27. The van der Waals surface area contributed by atoms with Crippen molar-refractivity contribution in [2.45, 2.75) is 17.2 Å². The molecule has 6 heteroatoms. The van der Waals surface area contributed by atoms with Crippen LogP contribution >= 0.6 is 11.9 Å². The van der Waals surface area contributed by atoms with Crippen LogP contribution in [0.25, 0.3) is 0 Å². The Morgan fingerprint density at radius 1 is 1.56 bits per heavy atom. The van der Waals surface area contributed by atoms with Crippen LogP contribution in [0.1, 0.15) is 17.9 Å². The third-order valence-corrected chi connectivity index (χ3v) is 3.03. The molecule has 0 saturated heterocycles. The summed E-state index contributed by atoms with van der Waals surface area (Å²) in [7, 11) is 0. The van der Waals surface area contributed by atoms with E-state index in [0.717, 1.165) is 11.8 Å². The summed E-state index contributed by atoms with van der Waals surface area (Å²) in [4.78, 5) is 21.7. The zero-order valence-electron chi connectivity index (χ0n) is 8.29. The van der Waals surface area contributed by atoms with Crippen LogP contribution in [-0.4, -0.2) is 17.2 Å². The first kappa shape index (κ1) is 10.9. The third kappa shape index (κ3) is 2.16. The fourth-order valence-corrected chi connectivity index (χ4v) is 2.16. The number of hydrogen-bond acceptors (Lipinski definition) is 5. The number of ether oxygens (including phenoxy) is 1. The molecule has 84 valence electrons. The van der Waals surface area contributed by atoms with Gasteiger partial charge < -0.3 is 9.53 Å². The van der Waals surface area contributed by atoms with E-state index < -0.39 is 4.33 Å². The molecule has 1 aliphatic rings. The molecular formula is C10H9NO4S. The lowest BCUT2D eigenvalue weighted by Crippen LogP contribution is -2.15. The molecule has 0 fully saturated rings. The first-order chi connectivity index (χ1) is 7.70. The molecule has 1 unspecified atom stereocenters. The van der Waals surface area contributed by atoms with Gasteiger partial charge in [0.05, 0.1) is 11.5 Å². The van der Waals surface area contributed by atoms with Gasteiger partial charge >= 0.3 is 0 Å². The minimum Gasteiger partial charge on any atom is -0.493 e. The first-order valence-electron chi connectivity index (χ1n) is 4.75. The fraction of sp³-hybridized carbons (Fsp3) is 0.300. The largest absolute Gasteiger partial charge is 0.493 e. The highest BCUT2D eigenvalue weighted by molar-refractivity contribution is 7.93. The summed E-state index contributed by atoms with van der Waals surface area (Å²) in [6.45, 7) is 0.512. The number of nitro groups is 1. The normalized spacial score (nSPS) is 18.4. The van der Waals surface area contributed by atoms with Crippen LogP contribution in [-0.2, 0) is 4.79 Å². The van der Waals surface area contributed by atoms with Crippen LogP contribution in [0.2, 0.25) is 0 Å². The molecule has 1 aliphatic heterocycles. The minimum absolute atomic E-state index is 0.212. The highest BCUT2D eigenvalue weighted by Gasteiger charge is 2.22. The Morgan fingerprint density at radius 3 is 3.06 bits per heavy atom. The quantitative estimate of drug-likeness (QED) is 0.349.